The normalized spacial score (nSPS) is 22.8. The minimum atomic E-state index is -1.89. The van der Waals surface area contributed by atoms with Crippen molar-refractivity contribution in [1.29, 1.82) is 0 Å². The molecule has 5 nitrogen and oxygen atoms in total. The topological polar surface area (TPSA) is 64.8 Å². The Labute approximate surface area is 155 Å². The van der Waals surface area contributed by atoms with Crippen LogP contribution in [0, 0.1) is 0 Å². The average molecular weight is 373 g/mol. The van der Waals surface area contributed by atoms with Gasteiger partial charge in [-0.05, 0) is 71.1 Å². The Morgan fingerprint density at radius 3 is 2.28 bits per heavy atom. The highest BCUT2D eigenvalue weighted by Crippen LogP contribution is 2.39. The quantitative estimate of drug-likeness (QED) is 0.721. The maximum absolute atomic E-state index is 12.7. The van der Waals surface area contributed by atoms with Crippen molar-refractivity contribution in [2.45, 2.75) is 103 Å². The molecule has 148 valence electrons. The molecule has 1 saturated heterocycles. The maximum atomic E-state index is 12.7. The Kier molecular flexibility index (Phi) is 7.54. The summed E-state index contributed by atoms with van der Waals surface area (Å²) in [7, 11) is -1.89. The molecule has 1 fully saturated rings. The van der Waals surface area contributed by atoms with Crippen LogP contribution in [0.15, 0.2) is 0 Å². The summed E-state index contributed by atoms with van der Waals surface area (Å²) in [6.07, 6.45) is 3.57. The zero-order valence-corrected chi connectivity index (χ0v) is 18.6. The minimum Gasteiger partial charge on any atom is -0.444 e. The third-order valence-corrected chi connectivity index (χ3v) is 9.81. The van der Waals surface area contributed by atoms with Crippen molar-refractivity contribution in [2.75, 3.05) is 13.1 Å². The highest BCUT2D eigenvalue weighted by Gasteiger charge is 2.44. The molecule has 2 atom stereocenters. The Hall–Kier alpha value is -0.593. The lowest BCUT2D eigenvalue weighted by Crippen LogP contribution is -2.56. The highest BCUT2D eigenvalue weighted by molar-refractivity contribution is 6.74. The number of likely N-dealkylation sites (tertiary alicyclic amines) is 1. The van der Waals surface area contributed by atoms with Gasteiger partial charge in [0.15, 0.2) is 8.32 Å². The van der Waals surface area contributed by atoms with Gasteiger partial charge in [0.25, 0.3) is 0 Å². The lowest BCUT2D eigenvalue weighted by Gasteiger charge is -2.46. The number of nitrogens with two attached hydrogens (primary N) is 1. The Balaban J connectivity index is 2.97. The monoisotopic (exact) mass is 372 g/mol. The zero-order valence-electron chi connectivity index (χ0n) is 17.6. The van der Waals surface area contributed by atoms with Crippen molar-refractivity contribution in [3.05, 3.63) is 0 Å². The molecular weight excluding hydrogens is 332 g/mol. The number of hydrogen-bond donors (Lipinski definition) is 1. The lowest BCUT2D eigenvalue weighted by atomic mass is 9.95. The molecule has 0 radical (unpaired) electrons. The second-order valence-electron chi connectivity index (χ2n) is 9.73. The van der Waals surface area contributed by atoms with Crippen molar-refractivity contribution in [1.82, 2.24) is 4.90 Å². The van der Waals surface area contributed by atoms with Gasteiger partial charge < -0.3 is 19.8 Å². The molecule has 0 aliphatic carbocycles. The van der Waals surface area contributed by atoms with Crippen LogP contribution in [0.2, 0.25) is 18.1 Å². The summed E-state index contributed by atoms with van der Waals surface area (Å²) >= 11 is 0. The summed E-state index contributed by atoms with van der Waals surface area (Å²) in [6, 6.07) is 0.0567. The van der Waals surface area contributed by atoms with Gasteiger partial charge in [0.05, 0.1) is 12.1 Å². The molecule has 1 unspecified atom stereocenters. The largest absolute Gasteiger partial charge is 0.444 e. The minimum absolute atomic E-state index is 0.0567. The molecule has 25 heavy (non-hydrogen) atoms. The van der Waals surface area contributed by atoms with E-state index in [0.717, 1.165) is 32.2 Å². The summed E-state index contributed by atoms with van der Waals surface area (Å²) in [5.74, 6) is 0. The molecule has 0 saturated carbocycles. The molecule has 0 aromatic heterocycles. The first-order valence-electron chi connectivity index (χ1n) is 9.66. The van der Waals surface area contributed by atoms with Gasteiger partial charge in [-0.25, -0.2) is 4.79 Å². The first kappa shape index (κ1) is 22.4. The molecule has 2 N–H and O–H groups in total. The van der Waals surface area contributed by atoms with E-state index < -0.39 is 13.9 Å². The van der Waals surface area contributed by atoms with Crippen molar-refractivity contribution in [3.8, 4) is 0 Å². The van der Waals surface area contributed by atoms with E-state index in [4.69, 9.17) is 14.9 Å². The Bertz CT molecular complexity index is 441. The van der Waals surface area contributed by atoms with Crippen LogP contribution in [0.4, 0.5) is 4.79 Å². The number of hydrogen-bond acceptors (Lipinski definition) is 4. The van der Waals surface area contributed by atoms with Crippen molar-refractivity contribution < 1.29 is 14.0 Å². The summed E-state index contributed by atoms with van der Waals surface area (Å²) in [4.78, 5) is 14.6. The summed E-state index contributed by atoms with van der Waals surface area (Å²) < 4.78 is 12.4. The number of amides is 1. The molecule has 1 aliphatic heterocycles. The smallest absolute Gasteiger partial charge is 0.410 e. The predicted octanol–water partition coefficient (Wildman–Crippen LogP) is 4.52. The van der Waals surface area contributed by atoms with Crippen LogP contribution in [0.3, 0.4) is 0 Å². The van der Waals surface area contributed by atoms with E-state index >= 15 is 0 Å². The number of piperidine rings is 1. The molecule has 0 aromatic carbocycles. The zero-order chi connectivity index (χ0) is 19.5. The second-order valence-corrected chi connectivity index (χ2v) is 14.5. The number of nitrogens with zero attached hydrogens (tertiary/aromatic N) is 1. The van der Waals surface area contributed by atoms with Crippen LogP contribution in [-0.4, -0.2) is 50.1 Å². The molecule has 0 aromatic rings. The van der Waals surface area contributed by atoms with Crippen LogP contribution < -0.4 is 5.73 Å². The van der Waals surface area contributed by atoms with E-state index in [0.29, 0.717) is 6.54 Å². The fourth-order valence-corrected chi connectivity index (χ4v) is 4.32. The molecule has 6 heteroatoms. The molecule has 0 bridgehead atoms. The summed E-state index contributed by atoms with van der Waals surface area (Å²) in [5, 5.41) is 0.152. The summed E-state index contributed by atoms with van der Waals surface area (Å²) in [5.41, 5.74) is 5.26. The highest BCUT2D eigenvalue weighted by atomic mass is 28.4. The fraction of sp³-hybridized carbons (Fsp3) is 0.947. The van der Waals surface area contributed by atoms with Gasteiger partial charge in [0, 0.05) is 6.54 Å². The summed E-state index contributed by atoms with van der Waals surface area (Å²) in [6.45, 7) is 18.4. The van der Waals surface area contributed by atoms with Gasteiger partial charge in [0.2, 0.25) is 0 Å². The fourth-order valence-electron chi connectivity index (χ4n) is 2.93. The Morgan fingerprint density at radius 2 is 1.80 bits per heavy atom. The van der Waals surface area contributed by atoms with E-state index in [9.17, 15) is 4.79 Å². The van der Waals surface area contributed by atoms with Crippen LogP contribution in [0.25, 0.3) is 0 Å². The third kappa shape index (κ3) is 6.57. The molecule has 0 spiro atoms. The number of ether oxygens (including phenoxy) is 1. The van der Waals surface area contributed by atoms with Crippen LogP contribution in [-0.2, 0) is 9.16 Å². The van der Waals surface area contributed by atoms with Crippen molar-refractivity contribution in [2.24, 2.45) is 5.73 Å². The van der Waals surface area contributed by atoms with Crippen molar-refractivity contribution >= 4 is 14.4 Å². The molecule has 1 heterocycles. The van der Waals surface area contributed by atoms with Crippen LogP contribution >= 0.6 is 0 Å². The van der Waals surface area contributed by atoms with Gasteiger partial charge in [-0.3, -0.25) is 0 Å². The first-order valence-corrected chi connectivity index (χ1v) is 12.6. The SMILES string of the molecule is CC(C)(C)OC(=O)N1CCCC(O[Si](C)(C)C(C)(C)C)[C@H]1CCCN. The number of rotatable bonds is 5. The van der Waals surface area contributed by atoms with Crippen molar-refractivity contribution in [3.63, 3.8) is 0 Å². The first-order chi connectivity index (χ1) is 11.3. The second kappa shape index (κ2) is 8.40. The molecule has 1 aliphatic rings. The Morgan fingerprint density at radius 1 is 1.20 bits per heavy atom. The third-order valence-electron chi connectivity index (χ3n) is 5.30. The predicted molar refractivity (Wildman–Crippen MR) is 106 cm³/mol. The van der Waals surface area contributed by atoms with E-state index in [-0.39, 0.29) is 23.3 Å². The van der Waals surface area contributed by atoms with Crippen LogP contribution in [0.5, 0.6) is 0 Å². The number of carbonyl (C=O) groups excluding carboxylic acids is 1. The van der Waals surface area contributed by atoms with Gasteiger partial charge in [-0.2, -0.15) is 0 Å². The standard InChI is InChI=1S/C19H40N2O3Si/c1-18(2,3)23-17(22)21-14-10-12-16(15(21)11-9-13-20)24-25(7,8)19(4,5)6/h15-16H,9-14,20H2,1-8H3/t15-,16?/m1/s1. The molecular formula is C19H40N2O3Si. The average Bonchev–Trinajstić information content (AvgIpc) is 2.42. The molecule has 1 rings (SSSR count). The van der Waals surface area contributed by atoms with Gasteiger partial charge in [-0.15, -0.1) is 0 Å². The lowest BCUT2D eigenvalue weighted by molar-refractivity contribution is -0.0216. The van der Waals surface area contributed by atoms with E-state index in [1.807, 2.05) is 25.7 Å². The van der Waals surface area contributed by atoms with E-state index in [2.05, 4.69) is 33.9 Å². The molecule has 1 amide bonds. The van der Waals surface area contributed by atoms with Gasteiger partial charge in [-0.1, -0.05) is 20.8 Å². The van der Waals surface area contributed by atoms with Gasteiger partial charge >= 0.3 is 6.09 Å². The number of carbonyl (C=O) groups is 1. The maximum Gasteiger partial charge on any atom is 0.410 e. The van der Waals surface area contributed by atoms with E-state index in [1.54, 1.807) is 0 Å². The van der Waals surface area contributed by atoms with Crippen LogP contribution in [0.1, 0.15) is 67.2 Å². The van der Waals surface area contributed by atoms with E-state index in [1.165, 1.54) is 0 Å². The van der Waals surface area contributed by atoms with Gasteiger partial charge in [0.1, 0.15) is 5.60 Å².